The van der Waals surface area contributed by atoms with Crippen LogP contribution in [-0.4, -0.2) is 15.0 Å². The molecule has 0 saturated carbocycles. The first kappa shape index (κ1) is 12.3. The van der Waals surface area contributed by atoms with Gasteiger partial charge < -0.3 is 0 Å². The molecule has 0 amide bonds. The monoisotopic (exact) mass is 258 g/mol. The summed E-state index contributed by atoms with van der Waals surface area (Å²) in [5.41, 5.74) is 2.06. The van der Waals surface area contributed by atoms with E-state index in [2.05, 4.69) is 10.3 Å². The number of nitriles is 1. The quantitative estimate of drug-likeness (QED) is 0.850. The second-order valence-electron chi connectivity index (χ2n) is 3.64. The zero-order chi connectivity index (χ0) is 13.0. The molecule has 2 aromatic rings. The van der Waals surface area contributed by atoms with Gasteiger partial charge in [-0.2, -0.15) is 5.26 Å². The van der Waals surface area contributed by atoms with Crippen LogP contribution in [0.1, 0.15) is 23.9 Å². The Hall–Kier alpha value is -2.12. The summed E-state index contributed by atoms with van der Waals surface area (Å²) in [5, 5.41) is 17.4. The van der Waals surface area contributed by atoms with Crippen LogP contribution in [0.15, 0.2) is 24.3 Å². The number of hydrogen-bond acceptors (Lipinski definition) is 3. The predicted octanol–water partition coefficient (Wildman–Crippen LogP) is 2.99. The van der Waals surface area contributed by atoms with E-state index < -0.39 is 0 Å². The first-order valence-electron chi connectivity index (χ1n) is 5.52. The Morgan fingerprint density at radius 1 is 1.33 bits per heavy atom. The van der Waals surface area contributed by atoms with Crippen LogP contribution in [0.25, 0.3) is 12.2 Å². The van der Waals surface area contributed by atoms with Crippen molar-refractivity contribution in [3.05, 3.63) is 46.2 Å². The molecule has 0 N–H and O–H groups in total. The summed E-state index contributed by atoms with van der Waals surface area (Å²) in [6, 6.07) is 9.49. The maximum Gasteiger partial charge on any atom is 0.190 e. The summed E-state index contributed by atoms with van der Waals surface area (Å²) in [7, 11) is 0. The summed E-state index contributed by atoms with van der Waals surface area (Å²) in [6.07, 6.45) is 3.74. The van der Waals surface area contributed by atoms with E-state index in [9.17, 15) is 0 Å². The van der Waals surface area contributed by atoms with Crippen molar-refractivity contribution in [2.24, 2.45) is 0 Å². The van der Waals surface area contributed by atoms with Gasteiger partial charge in [-0.15, -0.1) is 5.10 Å². The van der Waals surface area contributed by atoms with Crippen molar-refractivity contribution in [1.29, 1.82) is 5.26 Å². The van der Waals surface area contributed by atoms with Crippen LogP contribution < -0.4 is 0 Å². The SMILES string of the molecule is CCn1nnc(C#N)c1/C=C/c1ccc(Cl)cc1. The fourth-order valence-electron chi connectivity index (χ4n) is 1.55. The average molecular weight is 259 g/mol. The third kappa shape index (κ3) is 2.58. The number of nitrogens with zero attached hydrogens (tertiary/aromatic N) is 4. The highest BCUT2D eigenvalue weighted by molar-refractivity contribution is 6.30. The van der Waals surface area contributed by atoms with E-state index in [0.29, 0.717) is 17.3 Å². The molecule has 0 radical (unpaired) electrons. The molecule has 0 aliphatic rings. The molecule has 1 aromatic heterocycles. The van der Waals surface area contributed by atoms with Crippen LogP contribution in [0, 0.1) is 11.3 Å². The number of halogens is 1. The maximum absolute atomic E-state index is 8.94. The molecule has 0 spiro atoms. The highest BCUT2D eigenvalue weighted by Crippen LogP contribution is 2.13. The van der Waals surface area contributed by atoms with Crippen molar-refractivity contribution in [2.45, 2.75) is 13.5 Å². The molecule has 0 saturated heterocycles. The molecule has 1 aromatic carbocycles. The lowest BCUT2D eigenvalue weighted by Gasteiger charge is -1.98. The van der Waals surface area contributed by atoms with E-state index >= 15 is 0 Å². The standard InChI is InChI=1S/C13H11ClN4/c1-2-18-13(12(9-15)16-17-18)8-5-10-3-6-11(14)7-4-10/h3-8H,2H2,1H3/b8-5+. The molecule has 4 nitrogen and oxygen atoms in total. The molecule has 0 unspecified atom stereocenters. The Morgan fingerprint density at radius 2 is 2.06 bits per heavy atom. The lowest BCUT2D eigenvalue weighted by atomic mass is 10.2. The highest BCUT2D eigenvalue weighted by Gasteiger charge is 2.07. The minimum absolute atomic E-state index is 0.335. The van der Waals surface area contributed by atoms with Crippen molar-refractivity contribution in [1.82, 2.24) is 15.0 Å². The van der Waals surface area contributed by atoms with E-state index in [1.807, 2.05) is 49.4 Å². The molecule has 0 fully saturated rings. The first-order chi connectivity index (χ1) is 8.74. The largest absolute Gasteiger partial charge is 0.244 e. The topological polar surface area (TPSA) is 54.5 Å². The Kier molecular flexibility index (Phi) is 3.75. The Balaban J connectivity index is 2.31. The molecular formula is C13H11ClN4. The van der Waals surface area contributed by atoms with Gasteiger partial charge in [0.1, 0.15) is 6.07 Å². The van der Waals surface area contributed by atoms with Crippen LogP contribution in [0.2, 0.25) is 5.02 Å². The number of rotatable bonds is 3. The summed E-state index contributed by atoms with van der Waals surface area (Å²) < 4.78 is 1.69. The van der Waals surface area contributed by atoms with E-state index in [-0.39, 0.29) is 0 Å². The molecular weight excluding hydrogens is 248 g/mol. The molecule has 0 atom stereocenters. The lowest BCUT2D eigenvalue weighted by molar-refractivity contribution is 0.622. The van der Waals surface area contributed by atoms with Gasteiger partial charge in [0, 0.05) is 11.6 Å². The number of benzene rings is 1. The van der Waals surface area contributed by atoms with Gasteiger partial charge in [-0.05, 0) is 30.7 Å². The molecule has 0 aliphatic heterocycles. The molecule has 90 valence electrons. The van der Waals surface area contributed by atoms with Crippen molar-refractivity contribution in [2.75, 3.05) is 0 Å². The van der Waals surface area contributed by atoms with Gasteiger partial charge in [0.15, 0.2) is 5.69 Å². The van der Waals surface area contributed by atoms with Crippen LogP contribution in [0.5, 0.6) is 0 Å². The van der Waals surface area contributed by atoms with Crippen molar-refractivity contribution < 1.29 is 0 Å². The van der Waals surface area contributed by atoms with Gasteiger partial charge in [0.2, 0.25) is 0 Å². The molecule has 1 heterocycles. The van der Waals surface area contributed by atoms with E-state index in [0.717, 1.165) is 11.3 Å². The molecule has 18 heavy (non-hydrogen) atoms. The lowest BCUT2D eigenvalue weighted by Crippen LogP contribution is -1.99. The normalized spacial score (nSPS) is 10.7. The summed E-state index contributed by atoms with van der Waals surface area (Å²) >= 11 is 5.82. The zero-order valence-corrected chi connectivity index (χ0v) is 10.6. The number of aromatic nitrogens is 3. The van der Waals surface area contributed by atoms with Gasteiger partial charge in [0.25, 0.3) is 0 Å². The minimum Gasteiger partial charge on any atom is -0.244 e. The van der Waals surface area contributed by atoms with Gasteiger partial charge in [-0.1, -0.05) is 35.0 Å². The Labute approximate surface area is 110 Å². The van der Waals surface area contributed by atoms with E-state index in [1.54, 1.807) is 4.68 Å². The number of hydrogen-bond donors (Lipinski definition) is 0. The Morgan fingerprint density at radius 3 is 2.67 bits per heavy atom. The second kappa shape index (κ2) is 5.48. The van der Waals surface area contributed by atoms with Crippen molar-refractivity contribution in [3.63, 3.8) is 0 Å². The van der Waals surface area contributed by atoms with Crippen LogP contribution in [-0.2, 0) is 6.54 Å². The van der Waals surface area contributed by atoms with Gasteiger partial charge >= 0.3 is 0 Å². The molecule has 2 rings (SSSR count). The van der Waals surface area contributed by atoms with Crippen molar-refractivity contribution in [3.8, 4) is 6.07 Å². The van der Waals surface area contributed by atoms with Crippen molar-refractivity contribution >= 4 is 23.8 Å². The zero-order valence-electron chi connectivity index (χ0n) is 9.84. The smallest absolute Gasteiger partial charge is 0.190 e. The fourth-order valence-corrected chi connectivity index (χ4v) is 1.67. The highest BCUT2D eigenvalue weighted by atomic mass is 35.5. The minimum atomic E-state index is 0.335. The fraction of sp³-hybridized carbons (Fsp3) is 0.154. The summed E-state index contributed by atoms with van der Waals surface area (Å²) in [4.78, 5) is 0. The molecule has 5 heteroatoms. The third-order valence-electron chi connectivity index (χ3n) is 2.48. The number of aryl methyl sites for hydroxylation is 1. The van der Waals surface area contributed by atoms with E-state index in [4.69, 9.17) is 16.9 Å². The van der Waals surface area contributed by atoms with Crippen LogP contribution in [0.4, 0.5) is 0 Å². The molecule has 0 aliphatic carbocycles. The predicted molar refractivity (Wildman–Crippen MR) is 70.8 cm³/mol. The second-order valence-corrected chi connectivity index (χ2v) is 4.07. The summed E-state index contributed by atoms with van der Waals surface area (Å²) in [5.74, 6) is 0. The first-order valence-corrected chi connectivity index (χ1v) is 5.89. The average Bonchev–Trinajstić information content (AvgIpc) is 2.80. The third-order valence-corrected chi connectivity index (χ3v) is 2.73. The van der Waals surface area contributed by atoms with Gasteiger partial charge in [0.05, 0.1) is 5.69 Å². The molecule has 0 bridgehead atoms. The summed E-state index contributed by atoms with van der Waals surface area (Å²) in [6.45, 7) is 2.63. The van der Waals surface area contributed by atoms with Gasteiger partial charge in [-0.25, -0.2) is 4.68 Å². The van der Waals surface area contributed by atoms with Gasteiger partial charge in [-0.3, -0.25) is 0 Å². The van der Waals surface area contributed by atoms with Crippen LogP contribution >= 0.6 is 11.6 Å². The Bertz CT molecular complexity index is 605. The van der Waals surface area contributed by atoms with E-state index in [1.165, 1.54) is 0 Å². The van der Waals surface area contributed by atoms with Crippen LogP contribution in [0.3, 0.4) is 0 Å². The maximum atomic E-state index is 8.94.